The van der Waals surface area contributed by atoms with Crippen LogP contribution in [0.1, 0.15) is 48.4 Å². The Kier molecular flexibility index (Phi) is 7.52. The summed E-state index contributed by atoms with van der Waals surface area (Å²) in [4.78, 5) is 45.2. The smallest absolute Gasteiger partial charge is 0.433 e. The standard InChI is InChI=1S/C28H30F3N5O4/c1-17(2)40-24-14-22-20(12-19(24)13-23(37)21-4-3-5-25(32-21)28(29,30)31)15-36(33-22)16-26(38)34-8-10-35(11-9-34)27(39)18-6-7-18/h3-5,12,14-15,17-18H,6-11,13,16H2,1-2H3. The second kappa shape index (κ2) is 10.9. The van der Waals surface area contributed by atoms with Crippen molar-refractivity contribution >= 4 is 28.5 Å². The van der Waals surface area contributed by atoms with E-state index in [-0.39, 0.29) is 42.5 Å². The SMILES string of the molecule is CC(C)Oc1cc2nn(CC(=O)N3CCN(C(=O)C4CC4)CC3)cc2cc1CC(=O)c1cccc(C(F)(F)F)n1. The number of hydrogen-bond donors (Lipinski definition) is 0. The van der Waals surface area contributed by atoms with Crippen molar-refractivity contribution in [1.29, 1.82) is 0 Å². The Morgan fingerprint density at radius 1 is 1.05 bits per heavy atom. The summed E-state index contributed by atoms with van der Waals surface area (Å²) in [7, 11) is 0. The largest absolute Gasteiger partial charge is 0.491 e. The van der Waals surface area contributed by atoms with E-state index < -0.39 is 17.7 Å². The Balaban J connectivity index is 1.31. The van der Waals surface area contributed by atoms with Crippen LogP contribution < -0.4 is 4.74 Å². The third-order valence-electron chi connectivity index (χ3n) is 6.94. The highest BCUT2D eigenvalue weighted by atomic mass is 19.4. The first-order valence-electron chi connectivity index (χ1n) is 13.3. The first-order valence-corrected chi connectivity index (χ1v) is 13.3. The number of alkyl halides is 3. The number of halogens is 3. The van der Waals surface area contributed by atoms with Crippen molar-refractivity contribution in [3.63, 3.8) is 0 Å². The number of fused-ring (bicyclic) bond motifs is 1. The van der Waals surface area contributed by atoms with Crippen molar-refractivity contribution in [1.82, 2.24) is 24.6 Å². The molecule has 212 valence electrons. The summed E-state index contributed by atoms with van der Waals surface area (Å²) in [6.45, 7) is 5.64. The fourth-order valence-electron chi connectivity index (χ4n) is 4.75. The zero-order chi connectivity index (χ0) is 28.6. The van der Waals surface area contributed by atoms with E-state index in [0.29, 0.717) is 48.4 Å². The maximum atomic E-state index is 13.1. The van der Waals surface area contributed by atoms with Gasteiger partial charge < -0.3 is 14.5 Å². The van der Waals surface area contributed by atoms with E-state index in [9.17, 15) is 27.6 Å². The third kappa shape index (κ3) is 6.26. The summed E-state index contributed by atoms with van der Waals surface area (Å²) in [5.74, 6) is 0.0283. The molecule has 0 radical (unpaired) electrons. The monoisotopic (exact) mass is 557 g/mol. The molecule has 12 heteroatoms. The van der Waals surface area contributed by atoms with Crippen LogP contribution in [0, 0.1) is 5.92 Å². The summed E-state index contributed by atoms with van der Waals surface area (Å²) in [5.41, 5.74) is -0.385. The fourth-order valence-corrected chi connectivity index (χ4v) is 4.75. The lowest BCUT2D eigenvalue weighted by molar-refractivity contribution is -0.141. The third-order valence-corrected chi connectivity index (χ3v) is 6.94. The molecule has 2 aliphatic rings. The van der Waals surface area contributed by atoms with Crippen LogP contribution in [-0.4, -0.2) is 74.4 Å². The van der Waals surface area contributed by atoms with Gasteiger partial charge in [0.2, 0.25) is 11.8 Å². The summed E-state index contributed by atoms with van der Waals surface area (Å²) < 4.78 is 46.7. The van der Waals surface area contributed by atoms with Crippen LogP contribution in [0.2, 0.25) is 0 Å². The maximum absolute atomic E-state index is 13.1. The molecule has 2 fully saturated rings. The highest BCUT2D eigenvalue weighted by Gasteiger charge is 2.35. The molecule has 1 saturated heterocycles. The van der Waals surface area contributed by atoms with Crippen LogP contribution in [0.25, 0.3) is 10.9 Å². The molecule has 0 atom stereocenters. The minimum atomic E-state index is -4.66. The Morgan fingerprint density at radius 3 is 2.40 bits per heavy atom. The van der Waals surface area contributed by atoms with Crippen LogP contribution >= 0.6 is 0 Å². The number of nitrogens with zero attached hydrogens (tertiary/aromatic N) is 5. The maximum Gasteiger partial charge on any atom is 0.433 e. The lowest BCUT2D eigenvalue weighted by atomic mass is 10.0. The van der Waals surface area contributed by atoms with Crippen LogP contribution in [0.15, 0.2) is 36.5 Å². The van der Waals surface area contributed by atoms with Gasteiger partial charge >= 0.3 is 6.18 Å². The lowest BCUT2D eigenvalue weighted by Gasteiger charge is -2.34. The zero-order valence-electron chi connectivity index (χ0n) is 22.3. The van der Waals surface area contributed by atoms with Gasteiger partial charge in [0.05, 0.1) is 11.6 Å². The molecule has 9 nitrogen and oxygen atoms in total. The molecule has 1 saturated carbocycles. The summed E-state index contributed by atoms with van der Waals surface area (Å²) in [6.07, 6.45) is -1.52. The number of piperazine rings is 1. The van der Waals surface area contributed by atoms with Crippen molar-refractivity contribution in [3.8, 4) is 5.75 Å². The highest BCUT2D eigenvalue weighted by Crippen LogP contribution is 2.32. The second-order valence-corrected chi connectivity index (χ2v) is 10.5. The second-order valence-electron chi connectivity index (χ2n) is 10.5. The molecular formula is C28H30F3N5O4. The molecule has 1 aromatic carbocycles. The number of hydrogen-bond acceptors (Lipinski definition) is 6. The van der Waals surface area contributed by atoms with Crippen LogP contribution in [0.3, 0.4) is 0 Å². The molecule has 3 heterocycles. The van der Waals surface area contributed by atoms with E-state index in [1.54, 1.807) is 23.2 Å². The van der Waals surface area contributed by atoms with E-state index in [2.05, 4.69) is 10.1 Å². The van der Waals surface area contributed by atoms with Gasteiger partial charge in [0.25, 0.3) is 0 Å². The number of amides is 2. The summed E-state index contributed by atoms with van der Waals surface area (Å²) in [6, 6.07) is 6.60. The molecule has 0 bridgehead atoms. The molecule has 0 spiro atoms. The molecular weight excluding hydrogens is 527 g/mol. The first kappa shape index (κ1) is 27.6. The quantitative estimate of drug-likeness (QED) is 0.392. The van der Waals surface area contributed by atoms with E-state index in [4.69, 9.17) is 4.74 Å². The van der Waals surface area contributed by atoms with Gasteiger partial charge in [-0.2, -0.15) is 18.3 Å². The summed E-state index contributed by atoms with van der Waals surface area (Å²) in [5, 5.41) is 5.17. The average molecular weight is 558 g/mol. The first-order chi connectivity index (χ1) is 19.0. The van der Waals surface area contributed by atoms with Crippen LogP contribution in [0.5, 0.6) is 5.75 Å². The molecule has 0 unspecified atom stereocenters. The number of Topliss-reactive ketones (excluding diaryl/α,β-unsaturated/α-hetero) is 1. The summed E-state index contributed by atoms with van der Waals surface area (Å²) >= 11 is 0. The minimum absolute atomic E-state index is 0.00798. The molecule has 0 N–H and O–H groups in total. The van der Waals surface area contributed by atoms with Crippen molar-refractivity contribution in [2.75, 3.05) is 26.2 Å². The molecule has 3 aromatic rings. The number of benzene rings is 1. The van der Waals surface area contributed by atoms with Gasteiger partial charge in [0.1, 0.15) is 23.7 Å². The number of ketones is 1. The van der Waals surface area contributed by atoms with E-state index in [1.165, 1.54) is 10.7 Å². The average Bonchev–Trinajstić information content (AvgIpc) is 3.69. The fraction of sp³-hybridized carbons (Fsp3) is 0.464. The van der Waals surface area contributed by atoms with Crippen molar-refractivity contribution in [3.05, 3.63) is 53.5 Å². The Morgan fingerprint density at radius 2 is 1.75 bits per heavy atom. The van der Waals surface area contributed by atoms with Gasteiger partial charge in [0.15, 0.2) is 5.78 Å². The van der Waals surface area contributed by atoms with E-state index in [0.717, 1.165) is 25.0 Å². The molecule has 40 heavy (non-hydrogen) atoms. The van der Waals surface area contributed by atoms with Crippen molar-refractivity contribution in [2.24, 2.45) is 5.92 Å². The number of aromatic nitrogens is 3. The number of pyridine rings is 1. The molecule has 1 aliphatic heterocycles. The van der Waals surface area contributed by atoms with E-state index in [1.807, 2.05) is 18.7 Å². The number of carbonyl (C=O) groups is 3. The zero-order valence-corrected chi connectivity index (χ0v) is 22.3. The predicted molar refractivity (Wildman–Crippen MR) is 139 cm³/mol. The van der Waals surface area contributed by atoms with Gasteiger partial charge in [-0.1, -0.05) is 6.07 Å². The van der Waals surface area contributed by atoms with Crippen molar-refractivity contribution < 1.29 is 32.3 Å². The molecule has 1 aliphatic carbocycles. The minimum Gasteiger partial charge on any atom is -0.491 e. The van der Waals surface area contributed by atoms with Crippen molar-refractivity contribution in [2.45, 2.75) is 51.9 Å². The lowest BCUT2D eigenvalue weighted by Crippen LogP contribution is -2.51. The molecule has 2 aromatic heterocycles. The Bertz CT molecular complexity index is 1440. The number of carbonyl (C=O) groups excluding carboxylic acids is 3. The Hall–Kier alpha value is -3.96. The topological polar surface area (TPSA) is 97.6 Å². The molecule has 5 rings (SSSR count). The van der Waals surface area contributed by atoms with Gasteiger partial charge in [-0.3, -0.25) is 19.1 Å². The predicted octanol–water partition coefficient (Wildman–Crippen LogP) is 3.74. The van der Waals surface area contributed by atoms with Gasteiger partial charge in [0, 0.05) is 61.7 Å². The normalized spacial score (nSPS) is 16.1. The van der Waals surface area contributed by atoms with Crippen LogP contribution in [0.4, 0.5) is 13.2 Å². The van der Waals surface area contributed by atoms with Gasteiger partial charge in [-0.05, 0) is 44.9 Å². The highest BCUT2D eigenvalue weighted by molar-refractivity contribution is 5.97. The van der Waals surface area contributed by atoms with Crippen LogP contribution in [-0.2, 0) is 28.7 Å². The number of rotatable bonds is 8. The molecule has 2 amide bonds. The Labute approximate surface area is 228 Å². The van der Waals surface area contributed by atoms with E-state index >= 15 is 0 Å². The van der Waals surface area contributed by atoms with Gasteiger partial charge in [-0.25, -0.2) is 4.98 Å². The number of ether oxygens (including phenoxy) is 1. The van der Waals surface area contributed by atoms with Gasteiger partial charge in [-0.15, -0.1) is 0 Å².